The van der Waals surface area contributed by atoms with Crippen LogP contribution in [0.25, 0.3) is 0 Å². The summed E-state index contributed by atoms with van der Waals surface area (Å²) in [7, 11) is 0. The van der Waals surface area contributed by atoms with Gasteiger partial charge in [-0.25, -0.2) is 4.98 Å². The molecule has 0 aliphatic heterocycles. The van der Waals surface area contributed by atoms with Crippen LogP contribution in [0.1, 0.15) is 23.2 Å². The highest BCUT2D eigenvalue weighted by Gasteiger charge is 2.21. The van der Waals surface area contributed by atoms with Gasteiger partial charge in [0.1, 0.15) is 11.6 Å². The number of benzene rings is 2. The minimum atomic E-state index is -0.223. The Balaban J connectivity index is 1.47. The van der Waals surface area contributed by atoms with Crippen molar-refractivity contribution in [1.29, 1.82) is 0 Å². The molecule has 5 nitrogen and oxygen atoms in total. The van der Waals surface area contributed by atoms with Crippen LogP contribution < -0.4 is 15.4 Å². The molecule has 130 valence electrons. The molecule has 26 heavy (non-hydrogen) atoms. The monoisotopic (exact) mass is 345 g/mol. The first kappa shape index (κ1) is 16.1. The zero-order valence-electron chi connectivity index (χ0n) is 14.2. The number of ether oxygens (including phenoxy) is 1. The van der Waals surface area contributed by atoms with Crippen LogP contribution in [0.15, 0.2) is 72.9 Å². The summed E-state index contributed by atoms with van der Waals surface area (Å²) in [6, 6.07) is 21.0. The number of hydrogen-bond acceptors (Lipinski definition) is 4. The van der Waals surface area contributed by atoms with Crippen molar-refractivity contribution < 1.29 is 9.53 Å². The first-order valence-electron chi connectivity index (χ1n) is 8.64. The number of carbonyl (C=O) groups is 1. The Morgan fingerprint density at radius 2 is 1.73 bits per heavy atom. The summed E-state index contributed by atoms with van der Waals surface area (Å²) in [5.74, 6) is 1.88. The summed E-state index contributed by atoms with van der Waals surface area (Å²) in [5, 5.41) is 6.20. The van der Waals surface area contributed by atoms with Crippen molar-refractivity contribution in [3.63, 3.8) is 0 Å². The minimum Gasteiger partial charge on any atom is -0.455 e. The van der Waals surface area contributed by atoms with Crippen LogP contribution in [0.3, 0.4) is 0 Å². The van der Waals surface area contributed by atoms with Gasteiger partial charge in [0.15, 0.2) is 5.75 Å². The fraction of sp³-hybridized carbons (Fsp3) is 0.143. The van der Waals surface area contributed by atoms with Crippen molar-refractivity contribution in [3.8, 4) is 11.5 Å². The van der Waals surface area contributed by atoms with Crippen molar-refractivity contribution >= 4 is 17.4 Å². The molecule has 0 bridgehead atoms. The Kier molecular flexibility index (Phi) is 4.51. The van der Waals surface area contributed by atoms with E-state index in [1.165, 1.54) is 12.8 Å². The largest absolute Gasteiger partial charge is 0.455 e. The molecule has 1 heterocycles. The average Bonchev–Trinajstić information content (AvgIpc) is 3.49. The van der Waals surface area contributed by atoms with Gasteiger partial charge in [-0.05, 0) is 49.2 Å². The standard InChI is InChI=1S/C21H19N3O2/c25-21(15-10-13-20(22-14-15)23-16-11-12-16)24-18-8-4-5-9-19(18)26-17-6-2-1-3-7-17/h1-10,13-14,16H,11-12H2,(H,22,23)(H,24,25). The minimum absolute atomic E-state index is 0.223. The maximum Gasteiger partial charge on any atom is 0.257 e. The number of carbonyl (C=O) groups excluding carboxylic acids is 1. The van der Waals surface area contributed by atoms with Gasteiger partial charge in [0.05, 0.1) is 11.3 Å². The lowest BCUT2D eigenvalue weighted by atomic mass is 10.2. The summed E-state index contributed by atoms with van der Waals surface area (Å²) in [6.07, 6.45) is 3.95. The molecule has 2 N–H and O–H groups in total. The molecule has 1 aliphatic rings. The topological polar surface area (TPSA) is 63.2 Å². The average molecular weight is 345 g/mol. The smallest absolute Gasteiger partial charge is 0.257 e. The van der Waals surface area contributed by atoms with E-state index >= 15 is 0 Å². The van der Waals surface area contributed by atoms with Crippen LogP contribution in [-0.2, 0) is 0 Å². The van der Waals surface area contributed by atoms with Crippen LogP contribution >= 0.6 is 0 Å². The first-order chi connectivity index (χ1) is 12.8. The third-order valence-electron chi connectivity index (χ3n) is 4.06. The third kappa shape index (κ3) is 4.00. The molecular weight excluding hydrogens is 326 g/mol. The number of para-hydroxylation sites is 3. The van der Waals surface area contributed by atoms with Crippen molar-refractivity contribution in [2.45, 2.75) is 18.9 Å². The fourth-order valence-corrected chi connectivity index (χ4v) is 2.52. The van der Waals surface area contributed by atoms with Crippen LogP contribution in [-0.4, -0.2) is 16.9 Å². The lowest BCUT2D eigenvalue weighted by Gasteiger charge is -2.12. The highest BCUT2D eigenvalue weighted by molar-refractivity contribution is 6.04. The summed E-state index contributed by atoms with van der Waals surface area (Å²) in [4.78, 5) is 16.8. The van der Waals surface area contributed by atoms with E-state index in [1.807, 2.05) is 60.7 Å². The van der Waals surface area contributed by atoms with E-state index in [9.17, 15) is 4.79 Å². The van der Waals surface area contributed by atoms with Gasteiger partial charge in [0.25, 0.3) is 5.91 Å². The van der Waals surface area contributed by atoms with Gasteiger partial charge >= 0.3 is 0 Å². The number of aromatic nitrogens is 1. The van der Waals surface area contributed by atoms with Crippen molar-refractivity contribution in [2.75, 3.05) is 10.6 Å². The number of nitrogens with zero attached hydrogens (tertiary/aromatic N) is 1. The van der Waals surface area contributed by atoms with Crippen LogP contribution in [0.5, 0.6) is 11.5 Å². The summed E-state index contributed by atoms with van der Waals surface area (Å²) >= 11 is 0. The Hall–Kier alpha value is -3.34. The van der Waals surface area contributed by atoms with Crippen LogP contribution in [0, 0.1) is 0 Å². The van der Waals surface area contributed by atoms with E-state index in [2.05, 4.69) is 15.6 Å². The number of nitrogens with one attached hydrogen (secondary N) is 2. The lowest BCUT2D eigenvalue weighted by Crippen LogP contribution is -2.13. The van der Waals surface area contributed by atoms with Gasteiger partial charge < -0.3 is 15.4 Å². The molecule has 0 unspecified atom stereocenters. The number of amides is 1. The molecule has 4 rings (SSSR count). The van der Waals surface area contributed by atoms with E-state index in [0.717, 1.165) is 5.82 Å². The molecule has 0 radical (unpaired) electrons. The predicted molar refractivity (Wildman–Crippen MR) is 102 cm³/mol. The van der Waals surface area contributed by atoms with E-state index < -0.39 is 0 Å². The highest BCUT2D eigenvalue weighted by Crippen LogP contribution is 2.29. The third-order valence-corrected chi connectivity index (χ3v) is 4.06. The lowest BCUT2D eigenvalue weighted by molar-refractivity contribution is 0.102. The van der Waals surface area contributed by atoms with Gasteiger partial charge in [0, 0.05) is 12.2 Å². The molecule has 0 atom stereocenters. The molecular formula is C21H19N3O2. The predicted octanol–water partition coefficient (Wildman–Crippen LogP) is 4.70. The van der Waals surface area contributed by atoms with Gasteiger partial charge in [-0.15, -0.1) is 0 Å². The van der Waals surface area contributed by atoms with E-state index in [0.29, 0.717) is 28.8 Å². The van der Waals surface area contributed by atoms with Gasteiger partial charge in [-0.2, -0.15) is 0 Å². The second-order valence-corrected chi connectivity index (χ2v) is 6.22. The van der Waals surface area contributed by atoms with Gasteiger partial charge in [-0.1, -0.05) is 30.3 Å². The number of anilines is 2. The van der Waals surface area contributed by atoms with E-state index in [-0.39, 0.29) is 5.91 Å². The quantitative estimate of drug-likeness (QED) is 0.680. The number of hydrogen-bond donors (Lipinski definition) is 2. The summed E-state index contributed by atoms with van der Waals surface area (Å²) in [6.45, 7) is 0. The van der Waals surface area contributed by atoms with Crippen molar-refractivity contribution in [3.05, 3.63) is 78.5 Å². The Morgan fingerprint density at radius 1 is 0.962 bits per heavy atom. The molecule has 1 saturated carbocycles. The second-order valence-electron chi connectivity index (χ2n) is 6.22. The molecule has 2 aromatic carbocycles. The summed E-state index contributed by atoms with van der Waals surface area (Å²) in [5.41, 5.74) is 1.11. The van der Waals surface area contributed by atoms with Gasteiger partial charge in [0.2, 0.25) is 0 Å². The van der Waals surface area contributed by atoms with E-state index in [4.69, 9.17) is 4.74 Å². The van der Waals surface area contributed by atoms with Crippen molar-refractivity contribution in [1.82, 2.24) is 4.98 Å². The van der Waals surface area contributed by atoms with E-state index in [1.54, 1.807) is 12.3 Å². The zero-order valence-corrected chi connectivity index (χ0v) is 14.2. The molecule has 5 heteroatoms. The Morgan fingerprint density at radius 3 is 2.46 bits per heavy atom. The molecule has 1 aromatic heterocycles. The van der Waals surface area contributed by atoms with Gasteiger partial charge in [-0.3, -0.25) is 4.79 Å². The van der Waals surface area contributed by atoms with Crippen molar-refractivity contribution in [2.24, 2.45) is 0 Å². The molecule has 0 saturated heterocycles. The zero-order chi connectivity index (χ0) is 17.8. The highest BCUT2D eigenvalue weighted by atomic mass is 16.5. The molecule has 1 amide bonds. The van der Waals surface area contributed by atoms with Crippen LogP contribution in [0.4, 0.5) is 11.5 Å². The fourth-order valence-electron chi connectivity index (χ4n) is 2.52. The molecule has 0 spiro atoms. The molecule has 1 fully saturated rings. The first-order valence-corrected chi connectivity index (χ1v) is 8.64. The maximum atomic E-state index is 12.5. The SMILES string of the molecule is O=C(Nc1ccccc1Oc1ccccc1)c1ccc(NC2CC2)nc1. The molecule has 3 aromatic rings. The number of rotatable bonds is 6. The normalized spacial score (nSPS) is 13.1. The van der Waals surface area contributed by atoms with Crippen LogP contribution in [0.2, 0.25) is 0 Å². The second kappa shape index (κ2) is 7.27. The maximum absolute atomic E-state index is 12.5. The Labute approximate surface area is 152 Å². The Bertz CT molecular complexity index is 891. The number of pyridine rings is 1. The summed E-state index contributed by atoms with van der Waals surface area (Å²) < 4.78 is 5.88. The molecule has 1 aliphatic carbocycles.